The molecule has 0 saturated carbocycles. The van der Waals surface area contributed by atoms with E-state index in [9.17, 15) is 9.90 Å². The first-order valence-corrected chi connectivity index (χ1v) is 8.59. The summed E-state index contributed by atoms with van der Waals surface area (Å²) < 4.78 is 0. The number of nitrogens with two attached hydrogens (primary N) is 1. The number of anilines is 1. The molecule has 8 heteroatoms. The lowest BCUT2D eigenvalue weighted by Gasteiger charge is -2.31. The van der Waals surface area contributed by atoms with Gasteiger partial charge in [-0.1, -0.05) is 24.4 Å². The molecule has 0 aliphatic carbocycles. The standard InChI is InChI=1S/C16H24BClN2O4/c18-13-3-5-14(6-4-13)20-10-7-12(11-20)16(19,15(21)22)8-1-2-9-17(23)24/h3-6,12,23-24H,1-2,7-11,19H2,(H,21,22)/t12-,16?/m0/s1. The highest BCUT2D eigenvalue weighted by atomic mass is 35.5. The number of unbranched alkanes of at least 4 members (excludes halogenated alkanes) is 1. The molecule has 24 heavy (non-hydrogen) atoms. The van der Waals surface area contributed by atoms with Gasteiger partial charge in [-0.2, -0.15) is 0 Å². The van der Waals surface area contributed by atoms with Crippen molar-refractivity contribution in [3.05, 3.63) is 29.3 Å². The number of halogens is 1. The van der Waals surface area contributed by atoms with Crippen molar-refractivity contribution in [3.63, 3.8) is 0 Å². The number of nitrogens with zero attached hydrogens (tertiary/aromatic N) is 1. The van der Waals surface area contributed by atoms with E-state index < -0.39 is 18.6 Å². The first kappa shape index (κ1) is 19.1. The van der Waals surface area contributed by atoms with Gasteiger partial charge in [-0.25, -0.2) is 0 Å². The number of hydrogen-bond acceptors (Lipinski definition) is 5. The Labute approximate surface area is 147 Å². The summed E-state index contributed by atoms with van der Waals surface area (Å²) in [4.78, 5) is 13.9. The Kier molecular flexibility index (Phi) is 6.51. The Balaban J connectivity index is 1.98. The van der Waals surface area contributed by atoms with E-state index in [1.54, 1.807) is 0 Å². The van der Waals surface area contributed by atoms with Crippen LogP contribution < -0.4 is 10.6 Å². The van der Waals surface area contributed by atoms with Crippen LogP contribution in [-0.2, 0) is 4.79 Å². The molecule has 2 atom stereocenters. The van der Waals surface area contributed by atoms with Gasteiger partial charge >= 0.3 is 13.1 Å². The van der Waals surface area contributed by atoms with Gasteiger partial charge in [-0.05, 0) is 43.4 Å². The maximum Gasteiger partial charge on any atom is 0.451 e. The zero-order valence-corrected chi connectivity index (χ0v) is 14.3. The zero-order valence-electron chi connectivity index (χ0n) is 13.6. The number of carboxylic acid groups (broad SMARTS) is 1. The Morgan fingerprint density at radius 3 is 2.58 bits per heavy atom. The minimum Gasteiger partial charge on any atom is -0.480 e. The lowest BCUT2D eigenvalue weighted by Crippen LogP contribution is -2.55. The predicted octanol–water partition coefficient (Wildman–Crippen LogP) is 1.59. The van der Waals surface area contributed by atoms with Gasteiger partial charge in [0.05, 0.1) is 0 Å². The molecular weight excluding hydrogens is 330 g/mol. The molecule has 1 aliphatic heterocycles. The fraction of sp³-hybridized carbons (Fsp3) is 0.562. The van der Waals surface area contributed by atoms with Crippen molar-refractivity contribution in [2.45, 2.75) is 37.5 Å². The fourth-order valence-corrected chi connectivity index (χ4v) is 3.42. The summed E-state index contributed by atoms with van der Waals surface area (Å²) in [7, 11) is -1.35. The molecule has 6 nitrogen and oxygen atoms in total. The SMILES string of the molecule is NC(CCCCB(O)O)(C(=O)O)[C@H]1CCN(c2ccc(Cl)cc2)C1. The average molecular weight is 355 g/mol. The minimum absolute atomic E-state index is 0.148. The number of benzene rings is 1. The van der Waals surface area contributed by atoms with E-state index in [4.69, 9.17) is 27.4 Å². The normalized spacial score (nSPS) is 20.0. The molecule has 1 heterocycles. The largest absolute Gasteiger partial charge is 0.480 e. The molecule has 0 amide bonds. The third kappa shape index (κ3) is 4.63. The van der Waals surface area contributed by atoms with Crippen molar-refractivity contribution in [1.82, 2.24) is 0 Å². The summed E-state index contributed by atoms with van der Waals surface area (Å²) >= 11 is 5.90. The predicted molar refractivity (Wildman–Crippen MR) is 95.2 cm³/mol. The summed E-state index contributed by atoms with van der Waals surface area (Å²) in [5, 5.41) is 28.1. The molecule has 1 aromatic carbocycles. The van der Waals surface area contributed by atoms with Crippen LogP contribution in [0.5, 0.6) is 0 Å². The highest BCUT2D eigenvalue weighted by Gasteiger charge is 2.44. The molecule has 0 spiro atoms. The van der Waals surface area contributed by atoms with Crippen LogP contribution in [0.2, 0.25) is 11.3 Å². The molecule has 1 unspecified atom stereocenters. The van der Waals surface area contributed by atoms with Crippen molar-refractivity contribution in [2.75, 3.05) is 18.0 Å². The molecule has 1 aromatic rings. The van der Waals surface area contributed by atoms with Gasteiger partial charge in [0.25, 0.3) is 0 Å². The lowest BCUT2D eigenvalue weighted by atomic mass is 9.77. The van der Waals surface area contributed by atoms with Crippen LogP contribution in [0.1, 0.15) is 25.7 Å². The van der Waals surface area contributed by atoms with Crippen LogP contribution in [0, 0.1) is 5.92 Å². The van der Waals surface area contributed by atoms with Crippen molar-refractivity contribution in [1.29, 1.82) is 0 Å². The van der Waals surface area contributed by atoms with Crippen LogP contribution in [0.3, 0.4) is 0 Å². The number of carboxylic acids is 1. The van der Waals surface area contributed by atoms with E-state index in [1.165, 1.54) is 0 Å². The molecule has 1 saturated heterocycles. The van der Waals surface area contributed by atoms with Gasteiger partial charge in [0.2, 0.25) is 0 Å². The Morgan fingerprint density at radius 1 is 1.33 bits per heavy atom. The van der Waals surface area contributed by atoms with Gasteiger partial charge in [0, 0.05) is 29.7 Å². The molecule has 1 aliphatic rings. The molecule has 0 aromatic heterocycles. The van der Waals surface area contributed by atoms with Crippen LogP contribution in [-0.4, -0.2) is 46.9 Å². The van der Waals surface area contributed by atoms with Gasteiger partial charge in [-0.15, -0.1) is 0 Å². The second kappa shape index (κ2) is 8.20. The van der Waals surface area contributed by atoms with Gasteiger partial charge in [-0.3, -0.25) is 4.79 Å². The maximum absolute atomic E-state index is 11.8. The second-order valence-corrected chi connectivity index (χ2v) is 6.92. The monoisotopic (exact) mass is 354 g/mol. The van der Waals surface area contributed by atoms with E-state index >= 15 is 0 Å². The number of aliphatic carboxylic acids is 1. The van der Waals surface area contributed by atoms with Gasteiger partial charge in [0.1, 0.15) is 5.54 Å². The highest BCUT2D eigenvalue weighted by Crippen LogP contribution is 2.33. The molecular formula is C16H24BClN2O4. The summed E-state index contributed by atoms with van der Waals surface area (Å²) in [5.74, 6) is -1.14. The lowest BCUT2D eigenvalue weighted by molar-refractivity contribution is -0.145. The van der Waals surface area contributed by atoms with Gasteiger partial charge < -0.3 is 25.8 Å². The zero-order chi connectivity index (χ0) is 17.7. The summed E-state index contributed by atoms with van der Waals surface area (Å²) in [6, 6.07) is 7.48. The third-order valence-corrected chi connectivity index (χ3v) is 5.06. The average Bonchev–Trinajstić information content (AvgIpc) is 3.02. The number of hydrogen-bond donors (Lipinski definition) is 4. The van der Waals surface area contributed by atoms with E-state index in [1.807, 2.05) is 24.3 Å². The molecule has 5 N–H and O–H groups in total. The first-order valence-electron chi connectivity index (χ1n) is 8.22. The van der Waals surface area contributed by atoms with E-state index in [-0.39, 0.29) is 12.2 Å². The number of carbonyl (C=O) groups is 1. The fourth-order valence-electron chi connectivity index (χ4n) is 3.30. The smallest absolute Gasteiger partial charge is 0.451 e. The van der Waals surface area contributed by atoms with Gasteiger partial charge in [0.15, 0.2) is 0 Å². The third-order valence-electron chi connectivity index (χ3n) is 4.81. The molecule has 132 valence electrons. The topological polar surface area (TPSA) is 107 Å². The Morgan fingerprint density at radius 2 is 2.00 bits per heavy atom. The van der Waals surface area contributed by atoms with Crippen LogP contribution in [0.15, 0.2) is 24.3 Å². The molecule has 1 fully saturated rings. The summed E-state index contributed by atoms with van der Waals surface area (Å²) in [5.41, 5.74) is 5.98. The summed E-state index contributed by atoms with van der Waals surface area (Å²) in [6.07, 6.45) is 2.37. The highest BCUT2D eigenvalue weighted by molar-refractivity contribution is 6.40. The number of rotatable bonds is 8. The van der Waals surface area contributed by atoms with Crippen molar-refractivity contribution in [2.24, 2.45) is 11.7 Å². The van der Waals surface area contributed by atoms with E-state index in [2.05, 4.69) is 4.90 Å². The van der Waals surface area contributed by atoms with Crippen LogP contribution in [0.4, 0.5) is 5.69 Å². The van der Waals surface area contributed by atoms with Crippen LogP contribution >= 0.6 is 11.6 Å². The summed E-state index contributed by atoms with van der Waals surface area (Å²) in [6.45, 7) is 1.35. The molecule has 2 rings (SSSR count). The minimum atomic E-state index is -1.35. The first-order chi connectivity index (χ1) is 11.3. The van der Waals surface area contributed by atoms with Crippen molar-refractivity contribution >= 4 is 30.4 Å². The Hall–Kier alpha value is -1.28. The van der Waals surface area contributed by atoms with Crippen molar-refractivity contribution < 1.29 is 19.9 Å². The van der Waals surface area contributed by atoms with E-state index in [0.29, 0.717) is 37.3 Å². The molecule has 0 radical (unpaired) electrons. The maximum atomic E-state index is 11.8. The molecule has 0 bridgehead atoms. The van der Waals surface area contributed by atoms with Crippen LogP contribution in [0.25, 0.3) is 0 Å². The second-order valence-electron chi connectivity index (χ2n) is 6.48. The van der Waals surface area contributed by atoms with Crippen molar-refractivity contribution in [3.8, 4) is 0 Å². The quantitative estimate of drug-likeness (QED) is 0.417. The Bertz CT molecular complexity index is 558. The van der Waals surface area contributed by atoms with E-state index in [0.717, 1.165) is 12.2 Å².